The molecule has 121 heavy (non-hydrogen) atoms. The number of alkyl halides is 6. The van der Waals surface area contributed by atoms with E-state index in [0.29, 0.717) is 77.0 Å². The largest absolute Gasteiger partial charge is 0.534 e. The third kappa shape index (κ3) is 41.3. The van der Waals surface area contributed by atoms with Crippen molar-refractivity contribution in [3.63, 3.8) is 0 Å². The SMILES string of the molecule is CB(O)NCCc1ccc(O)c(O)c1.CB(O)NCCc1ccc(O)c(O)c1.CB(O)NCCc1ccc(OS(=O)(=O)C(F)(F)F)c(OS(=O)(=O)C(F)(F)F)c1.CCOP(=O)(OCC)c1ccc(CCN)cc1P(=O)(OCC)OCC.CCOP(=O)(OCC)c1ccc(CCNB(C)O)cc1P(=O)(OCC)OCC.Cl.NCCc1ccc(O)c(O)c1. The maximum atomic E-state index is 13.5. The normalized spacial score (nSPS) is 11.8. The molecular weight excluding hydrogens is 1750 g/mol. The van der Waals surface area contributed by atoms with E-state index in [1.165, 1.54) is 43.2 Å². The molecule has 6 aromatic rings. The lowest BCUT2D eigenvalue weighted by atomic mass is 9.88. The molecule has 0 heterocycles. The van der Waals surface area contributed by atoms with Crippen molar-refractivity contribution in [1.29, 1.82) is 0 Å². The second kappa shape index (κ2) is 56.8. The molecule has 684 valence electrons. The number of halogens is 7. The van der Waals surface area contributed by atoms with Gasteiger partial charge in [0.05, 0.1) is 74.1 Å². The van der Waals surface area contributed by atoms with Crippen molar-refractivity contribution >= 4 is 112 Å². The van der Waals surface area contributed by atoms with Crippen LogP contribution in [0.5, 0.6) is 46.0 Å². The average molecular weight is 1870 g/mol. The van der Waals surface area contributed by atoms with Gasteiger partial charge in [-0.05, 0) is 267 Å². The van der Waals surface area contributed by atoms with Gasteiger partial charge in [-0.15, -0.1) is 12.4 Å². The van der Waals surface area contributed by atoms with E-state index in [0.717, 1.165) is 33.9 Å². The van der Waals surface area contributed by atoms with E-state index in [4.69, 9.17) is 83.2 Å². The fraction of sp³-hybridized carbons (Fsp3) is 0.486. The second-order valence-electron chi connectivity index (χ2n) is 24.8. The number of phenolic OH excluding ortho intramolecular Hbond substituents is 6. The summed E-state index contributed by atoms with van der Waals surface area (Å²) in [6.45, 7) is 24.2. The summed E-state index contributed by atoms with van der Waals surface area (Å²) in [5.41, 5.74) is 3.53. The van der Waals surface area contributed by atoms with Gasteiger partial charge in [-0.2, -0.15) is 43.2 Å². The number of aromatic hydroxyl groups is 6. The molecule has 0 amide bonds. The molecule has 34 nitrogen and oxygen atoms in total. The zero-order valence-electron chi connectivity index (χ0n) is 69.1. The van der Waals surface area contributed by atoms with Crippen LogP contribution >= 0.6 is 42.8 Å². The molecule has 0 fully saturated rings. The van der Waals surface area contributed by atoms with Gasteiger partial charge in [0.1, 0.15) is 0 Å². The average Bonchev–Trinajstić information content (AvgIpc) is 0.780. The fourth-order valence-electron chi connectivity index (χ4n) is 9.80. The molecule has 0 atom stereocenters. The Morgan fingerprint density at radius 3 is 0.785 bits per heavy atom. The summed E-state index contributed by atoms with van der Waals surface area (Å²) < 4.78 is 224. The Balaban J connectivity index is 0.00000147. The molecule has 0 saturated heterocycles. The molecule has 0 aliphatic carbocycles. The summed E-state index contributed by atoms with van der Waals surface area (Å²) in [7, 11) is -30.0. The summed E-state index contributed by atoms with van der Waals surface area (Å²) in [4.78, 5) is 0. The van der Waals surface area contributed by atoms with Crippen LogP contribution in [0.25, 0.3) is 0 Å². The summed E-state index contributed by atoms with van der Waals surface area (Å²) >= 11 is 0. The molecule has 0 saturated carbocycles. The van der Waals surface area contributed by atoms with Crippen LogP contribution in [-0.4, -0.2) is 199 Å². The first-order chi connectivity index (χ1) is 56.0. The molecule has 6 aromatic carbocycles. The highest BCUT2D eigenvalue weighted by atomic mass is 35.5. The molecular formula is C70H113B4ClF6N6O28P4S2. The standard InChI is InChI=1S/C17H32BNO7P2.C16H29NO6P2.C11H12BF6NO7S2.2C9H14BNO3.C8H11NO2.ClH/c1-6-23-27(21,24-7-2)16-11-10-15(12-13-19-18(5)20)14-17(16)28(22,25-8-3)26-9-4;1-5-20-24(18,21-6-2)15-10-9-14(11-12-17)13-16(15)25(19,22-7-3)23-8-4;1-12(20)19-5-4-7-2-3-8(25-27(21,22)10(13,14)15)9(6-7)26-28(23,24)11(16,17)18;2*1-10(14)11-5-4-7-2-3-8(12)9(13)6-7;9-4-3-6-1-2-7(10)8(11)5-6;/h10-11,14,19-20H,6-9,12-13H2,1-5H3;9-10,13H,5-8,11-12,17H2,1-4H3;2-3,6,19-20H,4-5H2,1H3;2*2-3,6,11-14H,4-5H2,1H3;1-2,5,10-11H,3-4,9H2;1H. The van der Waals surface area contributed by atoms with Crippen molar-refractivity contribution < 1.29 is 157 Å². The Bertz CT molecular complexity index is 4400. The Labute approximate surface area is 710 Å². The van der Waals surface area contributed by atoms with E-state index in [2.05, 4.69) is 29.3 Å². The molecule has 0 radical (unpaired) electrons. The summed E-state index contributed by atoms with van der Waals surface area (Å²) in [5.74, 6) is -3.47. The van der Waals surface area contributed by atoms with Crippen LogP contribution in [0, 0.1) is 0 Å². The van der Waals surface area contributed by atoms with Crippen molar-refractivity contribution in [2.24, 2.45) is 11.5 Å². The summed E-state index contributed by atoms with van der Waals surface area (Å²) in [5, 5.41) is 103. The highest BCUT2D eigenvalue weighted by Gasteiger charge is 2.51. The zero-order valence-corrected chi connectivity index (χ0v) is 75.1. The summed E-state index contributed by atoms with van der Waals surface area (Å²) in [6, 6.07) is 26.2. The van der Waals surface area contributed by atoms with Gasteiger partial charge in [-0.3, -0.25) is 18.3 Å². The van der Waals surface area contributed by atoms with Gasteiger partial charge >= 0.3 is 89.8 Å². The maximum Gasteiger partial charge on any atom is 0.534 e. The van der Waals surface area contributed by atoms with Crippen LogP contribution in [0.2, 0.25) is 27.3 Å². The van der Waals surface area contributed by atoms with Gasteiger partial charge in [0.2, 0.25) is 0 Å². The van der Waals surface area contributed by atoms with Crippen molar-refractivity contribution in [2.45, 2.75) is 132 Å². The molecule has 0 aromatic heterocycles. The van der Waals surface area contributed by atoms with Crippen LogP contribution in [-0.2, 0) is 113 Å². The molecule has 0 unspecified atom stereocenters. The third-order valence-corrected chi connectivity index (χ3v) is 26.0. The van der Waals surface area contributed by atoms with Gasteiger partial charge in [0.25, 0.3) is 0 Å². The molecule has 6 rings (SSSR count). The Hall–Kier alpha value is -6.05. The first-order valence-electron chi connectivity index (χ1n) is 37.6. The predicted octanol–water partition coefficient (Wildman–Crippen LogP) is 8.77. The van der Waals surface area contributed by atoms with E-state index in [1.54, 1.807) is 130 Å². The zero-order chi connectivity index (χ0) is 91.5. The minimum atomic E-state index is -6.33. The maximum absolute atomic E-state index is 13.5. The van der Waals surface area contributed by atoms with Crippen molar-refractivity contribution in [1.82, 2.24) is 20.9 Å². The van der Waals surface area contributed by atoms with Crippen LogP contribution < -0.4 is 62.0 Å². The highest BCUT2D eigenvalue weighted by Crippen LogP contribution is 2.55. The Kier molecular flexibility index (Phi) is 54.0. The van der Waals surface area contributed by atoms with Gasteiger partial charge < -0.3 is 128 Å². The minimum absolute atomic E-state index is 0. The first-order valence-corrected chi connectivity index (χ1v) is 46.6. The predicted molar refractivity (Wildman–Crippen MR) is 457 cm³/mol. The van der Waals surface area contributed by atoms with Gasteiger partial charge in [-0.1, -0.05) is 36.4 Å². The lowest BCUT2D eigenvalue weighted by molar-refractivity contribution is -0.0513. The second-order valence-corrected chi connectivity index (χ2v) is 35.8. The Morgan fingerprint density at radius 2 is 0.545 bits per heavy atom. The molecule has 0 spiro atoms. The van der Waals surface area contributed by atoms with Gasteiger partial charge in [0, 0.05) is 0 Å². The van der Waals surface area contributed by atoms with Crippen molar-refractivity contribution in [3.05, 3.63) is 143 Å². The van der Waals surface area contributed by atoms with E-state index in [-0.39, 0.29) is 140 Å². The van der Waals surface area contributed by atoms with Crippen molar-refractivity contribution in [3.8, 4) is 46.0 Å². The number of hydrogen-bond acceptors (Lipinski definition) is 34. The van der Waals surface area contributed by atoms with E-state index >= 15 is 0 Å². The lowest BCUT2D eigenvalue weighted by Crippen LogP contribution is -2.33. The molecule has 51 heteroatoms. The van der Waals surface area contributed by atoms with E-state index in [9.17, 15) is 76.7 Å². The van der Waals surface area contributed by atoms with Gasteiger partial charge in [-0.25, -0.2) is 0 Å². The third-order valence-electron chi connectivity index (χ3n) is 15.0. The Morgan fingerprint density at radius 1 is 0.331 bits per heavy atom. The lowest BCUT2D eigenvalue weighted by Gasteiger charge is -2.24. The topological polar surface area (TPSA) is 531 Å². The van der Waals surface area contributed by atoms with E-state index < -0.39 is 101 Å². The number of rotatable bonds is 44. The van der Waals surface area contributed by atoms with Crippen LogP contribution in [0.3, 0.4) is 0 Å². The van der Waals surface area contributed by atoms with Crippen LogP contribution in [0.1, 0.15) is 88.8 Å². The van der Waals surface area contributed by atoms with Crippen molar-refractivity contribution in [2.75, 3.05) is 92.1 Å². The quantitative estimate of drug-likeness (QED) is 0.00424. The minimum Gasteiger partial charge on any atom is -0.504 e. The molecule has 18 N–H and O–H groups in total. The van der Waals surface area contributed by atoms with E-state index in [1.807, 2.05) is 0 Å². The molecule has 0 aliphatic heterocycles. The smallest absolute Gasteiger partial charge is 0.504 e. The monoisotopic (exact) mass is 1870 g/mol. The van der Waals surface area contributed by atoms with Crippen LogP contribution in [0.4, 0.5) is 26.3 Å². The summed E-state index contributed by atoms with van der Waals surface area (Å²) in [6.07, 6.45) is 3.20. The van der Waals surface area contributed by atoms with Crippen LogP contribution in [0.15, 0.2) is 109 Å². The first kappa shape index (κ1) is 115. The fourth-order valence-corrected chi connectivity index (χ4v) is 18.9. The molecule has 0 aliphatic rings. The number of nitrogens with two attached hydrogens (primary N) is 2. The number of benzene rings is 6. The number of nitrogens with one attached hydrogen (secondary N) is 4. The number of hydrogen-bond donors (Lipinski definition) is 16. The highest BCUT2D eigenvalue weighted by molar-refractivity contribution is 7.88. The number of phenols is 6. The van der Waals surface area contributed by atoms with Gasteiger partial charge in [0.15, 0.2) is 46.0 Å². The molecule has 0 bridgehead atoms.